The van der Waals surface area contributed by atoms with Gasteiger partial charge in [-0.15, -0.1) is 0 Å². The molecule has 1 fully saturated rings. The van der Waals surface area contributed by atoms with E-state index in [1.807, 2.05) is 18.2 Å². The van der Waals surface area contributed by atoms with Crippen molar-refractivity contribution in [3.63, 3.8) is 0 Å². The van der Waals surface area contributed by atoms with Gasteiger partial charge in [0.2, 0.25) is 0 Å². The van der Waals surface area contributed by atoms with Crippen LogP contribution in [0.2, 0.25) is 0 Å². The van der Waals surface area contributed by atoms with Gasteiger partial charge in [-0.3, -0.25) is 14.3 Å². The van der Waals surface area contributed by atoms with E-state index in [-0.39, 0.29) is 5.56 Å². The van der Waals surface area contributed by atoms with E-state index in [0.717, 1.165) is 4.57 Å². The van der Waals surface area contributed by atoms with Crippen LogP contribution in [-0.4, -0.2) is 51.8 Å². The van der Waals surface area contributed by atoms with Crippen LogP contribution in [0.4, 0.5) is 0 Å². The standard InChI is InChI=1S/C18H18N2O6/c1-25-15-14(22)13(10-21)26-17(15)20-9-12(16(23)19-18(20)24)8-7-11-5-3-2-4-6-11/h2-6,9,13-15,17,21-22H,10H2,1H3,(H,19,23,24)/t13-,14-,15-,17-/m1/s1. The van der Waals surface area contributed by atoms with Gasteiger partial charge in [0.25, 0.3) is 5.56 Å². The Bertz CT molecular complexity index is 940. The highest BCUT2D eigenvalue weighted by Crippen LogP contribution is 2.30. The summed E-state index contributed by atoms with van der Waals surface area (Å²) in [5.74, 6) is 5.57. The van der Waals surface area contributed by atoms with Crippen LogP contribution in [0.1, 0.15) is 17.4 Å². The Morgan fingerprint density at radius 1 is 1.27 bits per heavy atom. The summed E-state index contributed by atoms with van der Waals surface area (Å²) in [6.07, 6.45) is -2.64. The molecule has 1 saturated heterocycles. The van der Waals surface area contributed by atoms with E-state index in [0.29, 0.717) is 5.56 Å². The van der Waals surface area contributed by atoms with Crippen molar-refractivity contribution in [3.8, 4) is 11.8 Å². The normalized spacial score (nSPS) is 24.9. The fourth-order valence-electron chi connectivity index (χ4n) is 2.77. The first-order valence-corrected chi connectivity index (χ1v) is 7.95. The van der Waals surface area contributed by atoms with Gasteiger partial charge >= 0.3 is 5.69 Å². The molecule has 3 rings (SSSR count). The molecule has 1 aliphatic rings. The molecule has 0 bridgehead atoms. The fourth-order valence-corrected chi connectivity index (χ4v) is 2.77. The highest BCUT2D eigenvalue weighted by Gasteiger charge is 2.45. The molecule has 0 spiro atoms. The fraction of sp³-hybridized carbons (Fsp3) is 0.333. The average Bonchev–Trinajstić information content (AvgIpc) is 2.97. The molecule has 1 aromatic heterocycles. The largest absolute Gasteiger partial charge is 0.394 e. The van der Waals surface area contributed by atoms with Crippen molar-refractivity contribution < 1.29 is 19.7 Å². The summed E-state index contributed by atoms with van der Waals surface area (Å²) in [4.78, 5) is 26.4. The molecule has 4 atom stereocenters. The van der Waals surface area contributed by atoms with Crippen LogP contribution in [0.25, 0.3) is 0 Å². The van der Waals surface area contributed by atoms with Crippen LogP contribution in [-0.2, 0) is 9.47 Å². The van der Waals surface area contributed by atoms with E-state index in [2.05, 4.69) is 16.8 Å². The van der Waals surface area contributed by atoms with Crippen LogP contribution >= 0.6 is 0 Å². The first kappa shape index (κ1) is 18.1. The van der Waals surface area contributed by atoms with E-state index in [4.69, 9.17) is 9.47 Å². The van der Waals surface area contributed by atoms with Crippen molar-refractivity contribution in [2.24, 2.45) is 0 Å². The number of hydrogen-bond acceptors (Lipinski definition) is 6. The van der Waals surface area contributed by atoms with Crippen LogP contribution < -0.4 is 11.2 Å². The molecular weight excluding hydrogens is 340 g/mol. The van der Waals surface area contributed by atoms with E-state index >= 15 is 0 Å². The van der Waals surface area contributed by atoms with Crippen molar-refractivity contribution in [1.29, 1.82) is 0 Å². The Morgan fingerprint density at radius 3 is 2.65 bits per heavy atom. The van der Waals surface area contributed by atoms with Crippen molar-refractivity contribution in [3.05, 3.63) is 68.5 Å². The van der Waals surface area contributed by atoms with Crippen molar-refractivity contribution in [2.45, 2.75) is 24.5 Å². The Hall–Kier alpha value is -2.70. The first-order valence-electron chi connectivity index (χ1n) is 7.95. The lowest BCUT2D eigenvalue weighted by Gasteiger charge is -2.20. The van der Waals surface area contributed by atoms with E-state index in [1.165, 1.54) is 13.3 Å². The number of aliphatic hydroxyl groups is 2. The van der Waals surface area contributed by atoms with Gasteiger partial charge in [-0.1, -0.05) is 30.0 Å². The zero-order chi connectivity index (χ0) is 18.7. The number of ether oxygens (including phenoxy) is 2. The summed E-state index contributed by atoms with van der Waals surface area (Å²) in [5, 5.41) is 19.4. The minimum atomic E-state index is -1.12. The molecule has 8 nitrogen and oxygen atoms in total. The summed E-state index contributed by atoms with van der Waals surface area (Å²) in [5.41, 5.74) is -0.569. The molecule has 0 unspecified atom stereocenters. The zero-order valence-electron chi connectivity index (χ0n) is 14.0. The summed E-state index contributed by atoms with van der Waals surface area (Å²) >= 11 is 0. The van der Waals surface area contributed by atoms with Crippen molar-refractivity contribution in [1.82, 2.24) is 9.55 Å². The van der Waals surface area contributed by atoms with Gasteiger partial charge in [0.1, 0.15) is 23.9 Å². The maximum atomic E-state index is 12.2. The molecule has 136 valence electrons. The third-order valence-electron chi connectivity index (χ3n) is 4.12. The Balaban J connectivity index is 2.00. The lowest BCUT2D eigenvalue weighted by Crippen LogP contribution is -2.39. The molecule has 2 aromatic rings. The van der Waals surface area contributed by atoms with E-state index in [1.54, 1.807) is 12.1 Å². The highest BCUT2D eigenvalue weighted by atomic mass is 16.6. The SMILES string of the molecule is CO[C@@H]1[C@H](O)[C@@H](CO)O[C@H]1n1cc(C#Cc2ccccc2)c(=O)[nH]c1=O. The molecule has 0 amide bonds. The molecular formula is C18H18N2O6. The number of aromatic amines is 1. The van der Waals surface area contributed by atoms with Crippen LogP contribution in [0.15, 0.2) is 46.1 Å². The van der Waals surface area contributed by atoms with E-state index < -0.39 is 42.4 Å². The second-order valence-corrected chi connectivity index (χ2v) is 5.76. The number of hydrogen-bond donors (Lipinski definition) is 3. The average molecular weight is 358 g/mol. The lowest BCUT2D eigenvalue weighted by molar-refractivity contribution is -0.0625. The van der Waals surface area contributed by atoms with Gasteiger partial charge in [-0.05, 0) is 12.1 Å². The number of methoxy groups -OCH3 is 1. The molecule has 0 saturated carbocycles. The topological polar surface area (TPSA) is 114 Å². The zero-order valence-corrected chi connectivity index (χ0v) is 14.0. The molecule has 0 aliphatic carbocycles. The van der Waals surface area contributed by atoms with Gasteiger partial charge in [-0.2, -0.15) is 0 Å². The molecule has 1 aliphatic heterocycles. The third kappa shape index (κ3) is 3.47. The molecule has 8 heteroatoms. The molecule has 26 heavy (non-hydrogen) atoms. The quantitative estimate of drug-likeness (QED) is 0.619. The van der Waals surface area contributed by atoms with Gasteiger partial charge in [-0.25, -0.2) is 4.79 Å². The summed E-state index contributed by atoms with van der Waals surface area (Å²) in [6.45, 7) is -0.434. The summed E-state index contributed by atoms with van der Waals surface area (Å²) < 4.78 is 11.8. The molecule has 3 N–H and O–H groups in total. The minimum absolute atomic E-state index is 0.0637. The first-order chi connectivity index (χ1) is 12.5. The number of H-pyrrole nitrogens is 1. The van der Waals surface area contributed by atoms with Gasteiger partial charge in [0.15, 0.2) is 6.23 Å². The summed E-state index contributed by atoms with van der Waals surface area (Å²) in [7, 11) is 1.36. The number of nitrogens with zero attached hydrogens (tertiary/aromatic N) is 1. The third-order valence-corrected chi connectivity index (χ3v) is 4.12. The number of rotatable bonds is 3. The minimum Gasteiger partial charge on any atom is -0.394 e. The maximum absolute atomic E-state index is 12.2. The van der Waals surface area contributed by atoms with E-state index in [9.17, 15) is 19.8 Å². The van der Waals surface area contributed by atoms with Gasteiger partial charge < -0.3 is 19.7 Å². The predicted octanol–water partition coefficient (Wildman–Crippen LogP) is -0.798. The predicted molar refractivity (Wildman–Crippen MR) is 91.5 cm³/mol. The Kier molecular flexibility index (Phi) is 5.35. The number of benzene rings is 1. The monoisotopic (exact) mass is 358 g/mol. The van der Waals surface area contributed by atoms with Crippen molar-refractivity contribution >= 4 is 0 Å². The van der Waals surface area contributed by atoms with Gasteiger partial charge in [0, 0.05) is 18.9 Å². The van der Waals surface area contributed by atoms with Crippen LogP contribution in [0.5, 0.6) is 0 Å². The van der Waals surface area contributed by atoms with Crippen LogP contribution in [0.3, 0.4) is 0 Å². The summed E-state index contributed by atoms with van der Waals surface area (Å²) in [6, 6.07) is 9.08. The molecule has 1 aromatic carbocycles. The Morgan fingerprint density at radius 2 is 2.00 bits per heavy atom. The van der Waals surface area contributed by atoms with Gasteiger partial charge in [0.05, 0.1) is 6.61 Å². The Labute approximate surface area is 148 Å². The van der Waals surface area contributed by atoms with Crippen molar-refractivity contribution in [2.75, 3.05) is 13.7 Å². The number of aliphatic hydroxyl groups excluding tert-OH is 2. The molecule has 2 heterocycles. The highest BCUT2D eigenvalue weighted by molar-refractivity contribution is 5.40. The lowest BCUT2D eigenvalue weighted by atomic mass is 10.1. The molecule has 0 radical (unpaired) electrons. The van der Waals surface area contributed by atoms with Crippen LogP contribution in [0, 0.1) is 11.8 Å². The number of aromatic nitrogens is 2. The smallest absolute Gasteiger partial charge is 0.330 e. The second kappa shape index (κ2) is 7.68. The maximum Gasteiger partial charge on any atom is 0.330 e. The second-order valence-electron chi connectivity index (χ2n) is 5.76. The number of nitrogens with one attached hydrogen (secondary N) is 1.